The third-order valence-electron chi connectivity index (χ3n) is 2.84. The quantitative estimate of drug-likeness (QED) is 0.683. The fourth-order valence-corrected chi connectivity index (χ4v) is 2.84. The highest BCUT2D eigenvalue weighted by Crippen LogP contribution is 2.26. The third-order valence-corrected chi connectivity index (χ3v) is 3.87. The van der Waals surface area contributed by atoms with Crippen LogP contribution < -0.4 is 4.74 Å². The molecule has 0 aliphatic heterocycles. The standard InChI is InChI=1S/C15H11NO2S/c1-18-12-8-4-2-6-10(12)14(17)15-16-11-7-3-5-9-13(11)19-15/h2-9H,1H3. The lowest BCUT2D eigenvalue weighted by atomic mass is 10.1. The van der Waals surface area contributed by atoms with E-state index in [1.54, 1.807) is 19.2 Å². The molecule has 1 heterocycles. The smallest absolute Gasteiger partial charge is 0.225 e. The number of benzene rings is 2. The van der Waals surface area contributed by atoms with Gasteiger partial charge in [0, 0.05) is 0 Å². The molecule has 19 heavy (non-hydrogen) atoms. The Morgan fingerprint density at radius 1 is 1.11 bits per heavy atom. The number of ether oxygens (including phenoxy) is 1. The number of methoxy groups -OCH3 is 1. The minimum absolute atomic E-state index is 0.0985. The number of nitrogens with zero attached hydrogens (tertiary/aromatic N) is 1. The monoisotopic (exact) mass is 269 g/mol. The Hall–Kier alpha value is -2.20. The van der Waals surface area contributed by atoms with Gasteiger partial charge in [-0.25, -0.2) is 4.98 Å². The first-order chi connectivity index (χ1) is 9.29. The molecule has 0 aliphatic carbocycles. The van der Waals surface area contributed by atoms with Crippen molar-refractivity contribution >= 4 is 27.3 Å². The van der Waals surface area contributed by atoms with Gasteiger partial charge < -0.3 is 4.74 Å². The number of hydrogen-bond donors (Lipinski definition) is 0. The fourth-order valence-electron chi connectivity index (χ4n) is 1.92. The lowest BCUT2D eigenvalue weighted by Gasteiger charge is -2.04. The zero-order valence-corrected chi connectivity index (χ0v) is 11.1. The van der Waals surface area contributed by atoms with Crippen molar-refractivity contribution in [3.8, 4) is 5.75 Å². The summed E-state index contributed by atoms with van der Waals surface area (Å²) in [5, 5.41) is 0.491. The Morgan fingerprint density at radius 3 is 2.63 bits per heavy atom. The molecule has 0 unspecified atom stereocenters. The van der Waals surface area contributed by atoms with Gasteiger partial charge >= 0.3 is 0 Å². The molecular formula is C15H11NO2S. The number of aromatic nitrogens is 1. The minimum atomic E-state index is -0.0985. The molecule has 3 nitrogen and oxygen atoms in total. The number of thiazole rings is 1. The number of carbonyl (C=O) groups is 1. The van der Waals surface area contributed by atoms with Crippen molar-refractivity contribution < 1.29 is 9.53 Å². The van der Waals surface area contributed by atoms with Crippen LogP contribution in [0, 0.1) is 0 Å². The SMILES string of the molecule is COc1ccccc1C(=O)c1nc2ccccc2s1. The van der Waals surface area contributed by atoms with Crippen LogP contribution in [0.3, 0.4) is 0 Å². The summed E-state index contributed by atoms with van der Waals surface area (Å²) in [5.74, 6) is 0.477. The zero-order chi connectivity index (χ0) is 13.2. The maximum absolute atomic E-state index is 12.5. The lowest BCUT2D eigenvalue weighted by Crippen LogP contribution is -2.03. The van der Waals surface area contributed by atoms with Crippen LogP contribution in [-0.4, -0.2) is 17.9 Å². The van der Waals surface area contributed by atoms with Gasteiger partial charge in [-0.3, -0.25) is 4.79 Å². The van der Waals surface area contributed by atoms with Crippen LogP contribution in [0.2, 0.25) is 0 Å². The summed E-state index contributed by atoms with van der Waals surface area (Å²) in [6.45, 7) is 0. The molecule has 2 aromatic carbocycles. The van der Waals surface area contributed by atoms with Gasteiger partial charge in [0.2, 0.25) is 5.78 Å². The summed E-state index contributed by atoms with van der Waals surface area (Å²) < 4.78 is 6.23. The first-order valence-electron chi connectivity index (χ1n) is 5.83. The van der Waals surface area contributed by atoms with Gasteiger partial charge in [0.1, 0.15) is 5.75 Å². The van der Waals surface area contributed by atoms with Crippen LogP contribution in [-0.2, 0) is 0 Å². The van der Waals surface area contributed by atoms with Crippen molar-refractivity contribution in [1.82, 2.24) is 4.98 Å². The van der Waals surface area contributed by atoms with Gasteiger partial charge in [-0.05, 0) is 24.3 Å². The number of rotatable bonds is 3. The maximum atomic E-state index is 12.5. The third kappa shape index (κ3) is 2.11. The molecule has 3 rings (SSSR count). The Kier molecular flexibility index (Phi) is 3.01. The van der Waals surface area contributed by atoms with E-state index in [0.29, 0.717) is 16.3 Å². The van der Waals surface area contributed by atoms with Crippen molar-refractivity contribution in [3.63, 3.8) is 0 Å². The van der Waals surface area contributed by atoms with Gasteiger partial charge in [0.05, 0.1) is 22.9 Å². The van der Waals surface area contributed by atoms with E-state index in [9.17, 15) is 4.79 Å². The molecule has 0 aliphatic rings. The number of para-hydroxylation sites is 2. The molecule has 4 heteroatoms. The molecule has 0 radical (unpaired) electrons. The highest BCUT2D eigenvalue weighted by molar-refractivity contribution is 7.20. The summed E-state index contributed by atoms with van der Waals surface area (Å²) >= 11 is 1.40. The molecule has 94 valence electrons. The molecule has 0 fully saturated rings. The lowest BCUT2D eigenvalue weighted by molar-refractivity contribution is 0.103. The van der Waals surface area contributed by atoms with E-state index < -0.39 is 0 Å². The van der Waals surface area contributed by atoms with Crippen molar-refractivity contribution in [2.75, 3.05) is 7.11 Å². The average molecular weight is 269 g/mol. The largest absolute Gasteiger partial charge is 0.496 e. The highest BCUT2D eigenvalue weighted by Gasteiger charge is 2.17. The van der Waals surface area contributed by atoms with E-state index in [4.69, 9.17) is 4.74 Å². The minimum Gasteiger partial charge on any atom is -0.496 e. The number of carbonyl (C=O) groups excluding carboxylic acids is 1. The molecule has 3 aromatic rings. The first-order valence-corrected chi connectivity index (χ1v) is 6.64. The Bertz CT molecular complexity index is 715. The van der Waals surface area contributed by atoms with E-state index in [0.717, 1.165) is 10.2 Å². The number of hydrogen-bond acceptors (Lipinski definition) is 4. The van der Waals surface area contributed by atoms with Gasteiger partial charge in [0.15, 0.2) is 5.01 Å². The molecule has 0 N–H and O–H groups in total. The molecule has 0 bridgehead atoms. The van der Waals surface area contributed by atoms with Crippen LogP contribution >= 0.6 is 11.3 Å². The maximum Gasteiger partial charge on any atom is 0.225 e. The van der Waals surface area contributed by atoms with Crippen LogP contribution in [0.5, 0.6) is 5.75 Å². The van der Waals surface area contributed by atoms with E-state index in [-0.39, 0.29) is 5.78 Å². The van der Waals surface area contributed by atoms with Crippen LogP contribution in [0.15, 0.2) is 48.5 Å². The van der Waals surface area contributed by atoms with Gasteiger partial charge in [0.25, 0.3) is 0 Å². The van der Waals surface area contributed by atoms with Crippen LogP contribution in [0.4, 0.5) is 0 Å². The van der Waals surface area contributed by atoms with Gasteiger partial charge in [-0.1, -0.05) is 24.3 Å². The highest BCUT2D eigenvalue weighted by atomic mass is 32.1. The van der Waals surface area contributed by atoms with Gasteiger partial charge in [-0.15, -0.1) is 11.3 Å². The molecular weight excluding hydrogens is 258 g/mol. The van der Waals surface area contributed by atoms with Crippen LogP contribution in [0.25, 0.3) is 10.2 Å². The Morgan fingerprint density at radius 2 is 1.84 bits per heavy atom. The predicted octanol–water partition coefficient (Wildman–Crippen LogP) is 3.54. The molecule has 1 aromatic heterocycles. The number of ketones is 1. The second kappa shape index (κ2) is 4.82. The number of fused-ring (bicyclic) bond motifs is 1. The molecule has 0 atom stereocenters. The molecule has 0 saturated carbocycles. The molecule has 0 amide bonds. The summed E-state index contributed by atoms with van der Waals surface area (Å²) in [6.07, 6.45) is 0. The second-order valence-electron chi connectivity index (χ2n) is 4.02. The van der Waals surface area contributed by atoms with Crippen LogP contribution in [0.1, 0.15) is 15.4 Å². The normalized spacial score (nSPS) is 10.6. The fraction of sp³-hybridized carbons (Fsp3) is 0.0667. The Balaban J connectivity index is 2.08. The summed E-state index contributed by atoms with van der Waals surface area (Å²) in [4.78, 5) is 16.8. The van der Waals surface area contributed by atoms with Crippen molar-refractivity contribution in [3.05, 3.63) is 59.1 Å². The van der Waals surface area contributed by atoms with E-state index in [1.165, 1.54) is 11.3 Å². The summed E-state index contributed by atoms with van der Waals surface area (Å²) in [5.41, 5.74) is 1.40. The zero-order valence-electron chi connectivity index (χ0n) is 10.3. The summed E-state index contributed by atoms with van der Waals surface area (Å²) in [6, 6.07) is 14.9. The second-order valence-corrected chi connectivity index (χ2v) is 5.05. The first kappa shape index (κ1) is 11.9. The van der Waals surface area contributed by atoms with E-state index >= 15 is 0 Å². The van der Waals surface area contributed by atoms with E-state index in [1.807, 2.05) is 36.4 Å². The topological polar surface area (TPSA) is 39.2 Å². The van der Waals surface area contributed by atoms with Gasteiger partial charge in [-0.2, -0.15) is 0 Å². The van der Waals surface area contributed by atoms with Crippen molar-refractivity contribution in [1.29, 1.82) is 0 Å². The summed E-state index contributed by atoms with van der Waals surface area (Å²) in [7, 11) is 1.56. The van der Waals surface area contributed by atoms with E-state index in [2.05, 4.69) is 4.98 Å². The van der Waals surface area contributed by atoms with Crippen molar-refractivity contribution in [2.45, 2.75) is 0 Å². The Labute approximate surface area is 114 Å². The van der Waals surface area contributed by atoms with Crippen molar-refractivity contribution in [2.24, 2.45) is 0 Å². The predicted molar refractivity (Wildman–Crippen MR) is 76.0 cm³/mol. The average Bonchev–Trinajstić information content (AvgIpc) is 2.90. The molecule has 0 saturated heterocycles. The molecule has 0 spiro atoms.